The number of allylic oxidation sites excluding steroid dienone is 1. The summed E-state index contributed by atoms with van der Waals surface area (Å²) in [5.41, 5.74) is 4.05. The number of carbonyl (C=O) groups excluding carboxylic acids is 1. The molecule has 1 saturated heterocycles. The van der Waals surface area contributed by atoms with Gasteiger partial charge < -0.3 is 14.7 Å². The number of benzene rings is 1. The maximum Gasteiger partial charge on any atom is 0.246 e. The zero-order valence-corrected chi connectivity index (χ0v) is 18.5. The molecule has 7 heteroatoms. The summed E-state index contributed by atoms with van der Waals surface area (Å²) in [5.74, 6) is 2.64. The van der Waals surface area contributed by atoms with E-state index in [0.29, 0.717) is 17.6 Å². The van der Waals surface area contributed by atoms with Crippen molar-refractivity contribution in [1.82, 2.24) is 20.0 Å². The zero-order valence-electron chi connectivity index (χ0n) is 18.5. The van der Waals surface area contributed by atoms with E-state index >= 15 is 0 Å². The second-order valence-electron chi connectivity index (χ2n) is 8.69. The van der Waals surface area contributed by atoms with Crippen molar-refractivity contribution in [2.45, 2.75) is 32.1 Å². The molecular weight excluding hydrogens is 414 g/mol. The average molecular weight is 442 g/mol. The number of hydrogen-bond donors (Lipinski definition) is 1. The second-order valence-corrected chi connectivity index (χ2v) is 8.69. The molecule has 0 bridgehead atoms. The zero-order chi connectivity index (χ0) is 22.6. The van der Waals surface area contributed by atoms with Crippen LogP contribution in [-0.4, -0.2) is 39.0 Å². The van der Waals surface area contributed by atoms with Crippen molar-refractivity contribution >= 4 is 17.8 Å². The Kier molecular flexibility index (Phi) is 6.02. The van der Waals surface area contributed by atoms with Gasteiger partial charge in [0, 0.05) is 43.0 Å². The summed E-state index contributed by atoms with van der Waals surface area (Å²) in [6, 6.07) is 11.9. The molecule has 0 saturated carbocycles. The van der Waals surface area contributed by atoms with E-state index < -0.39 is 0 Å². The highest BCUT2D eigenvalue weighted by atomic mass is 16.5. The number of aryl methyl sites for hydroxylation is 1. The van der Waals surface area contributed by atoms with Crippen molar-refractivity contribution in [1.29, 1.82) is 0 Å². The minimum Gasteiger partial charge on any atom is -0.344 e. The fourth-order valence-electron chi connectivity index (χ4n) is 4.36. The largest absolute Gasteiger partial charge is 0.344 e. The molecule has 1 N–H and O–H groups in total. The molecule has 2 aromatic heterocycles. The lowest BCUT2D eigenvalue weighted by molar-refractivity contribution is -0.127. The van der Waals surface area contributed by atoms with Crippen LogP contribution in [0.5, 0.6) is 0 Å². The number of hydrogen-bond acceptors (Lipinski definition) is 6. The van der Waals surface area contributed by atoms with E-state index in [4.69, 9.17) is 4.52 Å². The first kappa shape index (κ1) is 21.1. The van der Waals surface area contributed by atoms with Crippen molar-refractivity contribution in [2.24, 2.45) is 5.92 Å². The van der Waals surface area contributed by atoms with Crippen molar-refractivity contribution in [3.63, 3.8) is 0 Å². The minimum atomic E-state index is 0.0434. The molecule has 0 radical (unpaired) electrons. The Morgan fingerprint density at radius 3 is 2.85 bits per heavy atom. The number of pyridine rings is 1. The van der Waals surface area contributed by atoms with Crippen LogP contribution in [0.3, 0.4) is 0 Å². The maximum absolute atomic E-state index is 12.7. The number of piperidine rings is 1. The molecule has 168 valence electrons. The number of aromatic nitrogens is 3. The van der Waals surface area contributed by atoms with Crippen LogP contribution in [0.2, 0.25) is 0 Å². The van der Waals surface area contributed by atoms with E-state index in [1.165, 1.54) is 0 Å². The van der Waals surface area contributed by atoms with Gasteiger partial charge in [-0.15, -0.1) is 0 Å². The fourth-order valence-corrected chi connectivity index (χ4v) is 4.36. The molecule has 5 rings (SSSR count). The van der Waals surface area contributed by atoms with Crippen molar-refractivity contribution in [3.05, 3.63) is 78.0 Å². The van der Waals surface area contributed by atoms with Crippen molar-refractivity contribution < 1.29 is 9.32 Å². The van der Waals surface area contributed by atoms with Gasteiger partial charge in [-0.2, -0.15) is 4.98 Å². The van der Waals surface area contributed by atoms with Gasteiger partial charge in [-0.25, -0.2) is 4.98 Å². The van der Waals surface area contributed by atoms with E-state index in [1.54, 1.807) is 12.3 Å². The Labute approximate surface area is 193 Å². The molecule has 7 nitrogen and oxygen atoms in total. The molecule has 4 heterocycles. The third-order valence-electron chi connectivity index (χ3n) is 6.29. The van der Waals surface area contributed by atoms with Gasteiger partial charge in [-0.3, -0.25) is 4.79 Å². The van der Waals surface area contributed by atoms with Gasteiger partial charge >= 0.3 is 0 Å². The number of nitrogens with zero attached hydrogens (tertiary/aromatic N) is 4. The first-order valence-electron chi connectivity index (χ1n) is 11.4. The Morgan fingerprint density at radius 1 is 1.21 bits per heavy atom. The third kappa shape index (κ3) is 5.03. The van der Waals surface area contributed by atoms with Crippen LogP contribution in [0.15, 0.2) is 65.5 Å². The van der Waals surface area contributed by atoms with E-state index in [0.717, 1.165) is 73.4 Å². The highest BCUT2D eigenvalue weighted by Gasteiger charge is 2.24. The number of carbonyl (C=O) groups is 1. The lowest BCUT2D eigenvalue weighted by Crippen LogP contribution is -2.38. The van der Waals surface area contributed by atoms with Crippen LogP contribution in [0, 0.1) is 5.92 Å². The molecule has 0 aliphatic carbocycles. The van der Waals surface area contributed by atoms with E-state index in [1.807, 2.05) is 41.3 Å². The van der Waals surface area contributed by atoms with Crippen LogP contribution < -0.4 is 5.32 Å². The predicted octanol–water partition coefficient (Wildman–Crippen LogP) is 4.50. The Hall–Kier alpha value is -3.74. The van der Waals surface area contributed by atoms with E-state index in [-0.39, 0.29) is 5.91 Å². The summed E-state index contributed by atoms with van der Waals surface area (Å²) in [5, 5.41) is 7.32. The Balaban J connectivity index is 1.13. The molecule has 33 heavy (non-hydrogen) atoms. The standard InChI is InChI=1S/C26H27N5O2/c1-18-7-9-22-15-20(17-27-25(22)28-18)8-10-24(32)31-13-11-19(12-14-31)16-23-29-26(30-33-23)21-5-3-2-4-6-21/h2-6,8,10,15,17,19H,1,7,9,11-14,16H2,(H,27,28)/b10-8+. The molecule has 0 spiro atoms. The number of amides is 1. The normalized spacial score (nSPS) is 16.6. The summed E-state index contributed by atoms with van der Waals surface area (Å²) in [6.07, 6.45) is 9.74. The van der Waals surface area contributed by atoms with Crippen molar-refractivity contribution in [2.75, 3.05) is 18.4 Å². The minimum absolute atomic E-state index is 0.0434. The molecule has 0 atom stereocenters. The van der Waals surface area contributed by atoms with Crippen molar-refractivity contribution in [3.8, 4) is 11.4 Å². The summed E-state index contributed by atoms with van der Waals surface area (Å²) in [4.78, 5) is 23.6. The van der Waals surface area contributed by atoms with Gasteiger partial charge in [0.25, 0.3) is 0 Å². The topological polar surface area (TPSA) is 84.2 Å². The fraction of sp³-hybridized carbons (Fsp3) is 0.308. The highest BCUT2D eigenvalue weighted by molar-refractivity contribution is 5.91. The van der Waals surface area contributed by atoms with Crippen LogP contribution in [-0.2, 0) is 17.6 Å². The third-order valence-corrected chi connectivity index (χ3v) is 6.29. The summed E-state index contributed by atoms with van der Waals surface area (Å²) < 4.78 is 5.46. The Morgan fingerprint density at radius 2 is 2.03 bits per heavy atom. The smallest absolute Gasteiger partial charge is 0.246 e. The molecule has 1 fully saturated rings. The number of rotatable bonds is 5. The lowest BCUT2D eigenvalue weighted by Gasteiger charge is -2.30. The summed E-state index contributed by atoms with van der Waals surface area (Å²) >= 11 is 0. The van der Waals surface area contributed by atoms with E-state index in [2.05, 4.69) is 33.1 Å². The van der Waals surface area contributed by atoms with Gasteiger partial charge in [-0.1, -0.05) is 42.1 Å². The van der Waals surface area contributed by atoms with Gasteiger partial charge in [-0.05, 0) is 54.9 Å². The van der Waals surface area contributed by atoms with Crippen LogP contribution in [0.25, 0.3) is 17.5 Å². The van der Waals surface area contributed by atoms with Crippen LogP contribution >= 0.6 is 0 Å². The molecule has 0 unspecified atom stereocenters. The molecule has 2 aliphatic rings. The van der Waals surface area contributed by atoms with Gasteiger partial charge in [0.05, 0.1) is 0 Å². The van der Waals surface area contributed by atoms with Crippen LogP contribution in [0.1, 0.15) is 36.3 Å². The highest BCUT2D eigenvalue weighted by Crippen LogP contribution is 2.25. The molecular formula is C26H27N5O2. The first-order chi connectivity index (χ1) is 16.1. The van der Waals surface area contributed by atoms with Gasteiger partial charge in [0.1, 0.15) is 5.82 Å². The number of anilines is 1. The van der Waals surface area contributed by atoms with Crippen LogP contribution in [0.4, 0.5) is 5.82 Å². The number of likely N-dealkylation sites (tertiary alicyclic amines) is 1. The average Bonchev–Trinajstić information content (AvgIpc) is 3.32. The number of nitrogens with one attached hydrogen (secondary N) is 1. The number of fused-ring (bicyclic) bond motifs is 1. The lowest BCUT2D eigenvalue weighted by atomic mass is 9.93. The monoisotopic (exact) mass is 441 g/mol. The van der Waals surface area contributed by atoms with Gasteiger partial charge in [0.15, 0.2) is 0 Å². The SMILES string of the molecule is C=C1CCc2cc(/C=C/C(=O)N3CCC(Cc4nc(-c5ccccc5)no4)CC3)cnc2N1. The predicted molar refractivity (Wildman–Crippen MR) is 127 cm³/mol. The molecule has 1 amide bonds. The maximum atomic E-state index is 12.7. The summed E-state index contributed by atoms with van der Waals surface area (Å²) in [7, 11) is 0. The quantitative estimate of drug-likeness (QED) is 0.587. The first-order valence-corrected chi connectivity index (χ1v) is 11.4. The second kappa shape index (κ2) is 9.40. The molecule has 2 aliphatic heterocycles. The van der Waals surface area contributed by atoms with E-state index in [9.17, 15) is 4.79 Å². The van der Waals surface area contributed by atoms with Gasteiger partial charge in [0.2, 0.25) is 17.6 Å². The molecule has 3 aromatic rings. The Bertz CT molecular complexity index is 1180. The molecule has 1 aromatic carbocycles. The summed E-state index contributed by atoms with van der Waals surface area (Å²) in [6.45, 7) is 5.44.